The van der Waals surface area contributed by atoms with E-state index in [1.807, 2.05) is 0 Å². The molecule has 146 valence electrons. The highest BCUT2D eigenvalue weighted by atomic mass is 32.2. The largest absolute Gasteiger partial charge is 0.461 e. The molecule has 0 spiro atoms. The zero-order valence-corrected chi connectivity index (χ0v) is 15.3. The maximum Gasteiger partial charge on any atom is 0.238 e. The molecule has 2 aromatic carbocycles. The number of furan rings is 1. The maximum atomic E-state index is 13.8. The number of nitrogens with one attached hydrogen (secondary N) is 1. The molecule has 9 heteroatoms. The molecule has 0 aliphatic carbocycles. The van der Waals surface area contributed by atoms with Crippen molar-refractivity contribution in [1.82, 2.24) is 0 Å². The summed E-state index contributed by atoms with van der Waals surface area (Å²) in [6.07, 6.45) is 0.211. The summed E-state index contributed by atoms with van der Waals surface area (Å²) >= 11 is 0. The van der Waals surface area contributed by atoms with Crippen molar-refractivity contribution < 1.29 is 26.4 Å². The van der Waals surface area contributed by atoms with Gasteiger partial charge in [0.25, 0.3) is 0 Å². The minimum absolute atomic E-state index is 0.00849. The van der Waals surface area contributed by atoms with Gasteiger partial charge in [-0.3, -0.25) is 4.79 Å². The van der Waals surface area contributed by atoms with E-state index >= 15 is 0 Å². The van der Waals surface area contributed by atoms with Gasteiger partial charge in [0.2, 0.25) is 15.9 Å². The molecule has 0 aliphatic rings. The van der Waals surface area contributed by atoms with Gasteiger partial charge >= 0.3 is 0 Å². The standard InChI is InChI=1S/C19H16F2N2O4S/c20-12-9-13(11-15(10-12)28(22,25)26)23-19(24)8-6-14-5-7-18(27-14)16-3-1-2-4-17(16)21/h1-5,7,9-11H,6,8H2,(H,23,24)(H2,22,25,26). The Morgan fingerprint density at radius 3 is 2.54 bits per heavy atom. The number of rotatable bonds is 6. The summed E-state index contributed by atoms with van der Waals surface area (Å²) in [5.41, 5.74) is 0.286. The number of hydrogen-bond acceptors (Lipinski definition) is 4. The Labute approximate surface area is 160 Å². The van der Waals surface area contributed by atoms with Crippen molar-refractivity contribution in [2.45, 2.75) is 17.7 Å². The van der Waals surface area contributed by atoms with E-state index in [0.717, 1.165) is 18.2 Å². The summed E-state index contributed by atoms with van der Waals surface area (Å²) in [5, 5.41) is 7.39. The van der Waals surface area contributed by atoms with Gasteiger partial charge < -0.3 is 9.73 Å². The summed E-state index contributed by atoms with van der Waals surface area (Å²) in [5.74, 6) is -0.926. The maximum absolute atomic E-state index is 13.8. The second kappa shape index (κ2) is 7.91. The number of amides is 1. The molecule has 3 N–H and O–H groups in total. The Morgan fingerprint density at radius 1 is 1.07 bits per heavy atom. The highest BCUT2D eigenvalue weighted by Gasteiger charge is 2.14. The molecular formula is C19H16F2N2O4S. The molecule has 0 bridgehead atoms. The summed E-state index contributed by atoms with van der Waals surface area (Å²) < 4.78 is 55.6. The van der Waals surface area contributed by atoms with Gasteiger partial charge in [-0.05, 0) is 42.5 Å². The first-order valence-corrected chi connectivity index (χ1v) is 9.74. The molecule has 1 heterocycles. The summed E-state index contributed by atoms with van der Waals surface area (Å²) in [6, 6.07) is 12.2. The van der Waals surface area contributed by atoms with Gasteiger partial charge in [-0.15, -0.1) is 0 Å². The second-order valence-electron chi connectivity index (χ2n) is 6.01. The van der Waals surface area contributed by atoms with Crippen molar-refractivity contribution in [3.8, 4) is 11.3 Å². The van der Waals surface area contributed by atoms with E-state index in [1.54, 1.807) is 30.3 Å². The van der Waals surface area contributed by atoms with Crippen LogP contribution in [-0.2, 0) is 21.2 Å². The number of benzene rings is 2. The molecule has 0 saturated heterocycles. The zero-order valence-electron chi connectivity index (χ0n) is 14.5. The Kier molecular flexibility index (Phi) is 5.57. The Morgan fingerprint density at radius 2 is 1.82 bits per heavy atom. The second-order valence-corrected chi connectivity index (χ2v) is 7.58. The topological polar surface area (TPSA) is 102 Å². The van der Waals surface area contributed by atoms with Crippen LogP contribution in [0.1, 0.15) is 12.2 Å². The van der Waals surface area contributed by atoms with E-state index in [4.69, 9.17) is 9.56 Å². The average Bonchev–Trinajstić information content (AvgIpc) is 3.08. The molecule has 1 amide bonds. The van der Waals surface area contributed by atoms with Crippen LogP contribution in [0.4, 0.5) is 14.5 Å². The number of halogens is 2. The molecule has 6 nitrogen and oxygen atoms in total. The van der Waals surface area contributed by atoms with Crippen molar-refractivity contribution in [3.05, 3.63) is 72.0 Å². The quantitative estimate of drug-likeness (QED) is 0.655. The molecular weight excluding hydrogens is 390 g/mol. The lowest BCUT2D eigenvalue weighted by molar-refractivity contribution is -0.116. The first-order chi connectivity index (χ1) is 13.2. The van der Waals surface area contributed by atoms with Crippen LogP contribution in [0.5, 0.6) is 0 Å². The van der Waals surface area contributed by atoms with Gasteiger partial charge in [0.05, 0.1) is 10.5 Å². The first kappa shape index (κ1) is 19.7. The molecule has 0 atom stereocenters. The summed E-state index contributed by atoms with van der Waals surface area (Å²) in [7, 11) is -4.10. The van der Waals surface area contributed by atoms with Gasteiger partial charge in [0.15, 0.2) is 0 Å². The van der Waals surface area contributed by atoms with Gasteiger partial charge in [0, 0.05) is 18.5 Å². The minimum Gasteiger partial charge on any atom is -0.461 e. The molecule has 1 aromatic heterocycles. The lowest BCUT2D eigenvalue weighted by Gasteiger charge is -2.07. The zero-order chi connectivity index (χ0) is 20.3. The molecule has 0 unspecified atom stereocenters. The third-order valence-electron chi connectivity index (χ3n) is 3.88. The van der Waals surface area contributed by atoms with Crippen LogP contribution in [0.3, 0.4) is 0 Å². The number of anilines is 1. The third kappa shape index (κ3) is 4.81. The number of nitrogens with two attached hydrogens (primary N) is 1. The number of aryl methyl sites for hydroxylation is 1. The Hall–Kier alpha value is -3.04. The van der Waals surface area contributed by atoms with Crippen molar-refractivity contribution in [3.63, 3.8) is 0 Å². The average molecular weight is 406 g/mol. The number of carbonyl (C=O) groups is 1. The molecule has 0 saturated carbocycles. The number of primary sulfonamides is 1. The van der Waals surface area contributed by atoms with Crippen LogP contribution in [0.2, 0.25) is 0 Å². The smallest absolute Gasteiger partial charge is 0.238 e. The minimum atomic E-state index is -4.10. The molecule has 0 aliphatic heterocycles. The normalized spacial score (nSPS) is 11.4. The van der Waals surface area contributed by atoms with Gasteiger partial charge in [-0.1, -0.05) is 12.1 Å². The van der Waals surface area contributed by atoms with Crippen LogP contribution in [0.25, 0.3) is 11.3 Å². The highest BCUT2D eigenvalue weighted by molar-refractivity contribution is 7.89. The molecule has 0 radical (unpaired) electrons. The molecule has 28 heavy (non-hydrogen) atoms. The lowest BCUT2D eigenvalue weighted by atomic mass is 10.1. The Bertz CT molecular complexity index is 1130. The predicted octanol–water partition coefficient (Wildman–Crippen LogP) is 3.44. The monoisotopic (exact) mass is 406 g/mol. The molecule has 0 fully saturated rings. The van der Waals surface area contributed by atoms with Gasteiger partial charge in [0.1, 0.15) is 23.2 Å². The number of hydrogen-bond donors (Lipinski definition) is 2. The fraction of sp³-hybridized carbons (Fsp3) is 0.105. The van der Waals surface area contributed by atoms with Crippen LogP contribution < -0.4 is 10.5 Å². The van der Waals surface area contributed by atoms with E-state index < -0.39 is 32.5 Å². The summed E-state index contributed by atoms with van der Waals surface area (Å²) in [6.45, 7) is 0. The van der Waals surface area contributed by atoms with Gasteiger partial charge in [-0.25, -0.2) is 22.3 Å². The number of sulfonamides is 1. The van der Waals surface area contributed by atoms with Crippen LogP contribution in [0, 0.1) is 11.6 Å². The van der Waals surface area contributed by atoms with E-state index in [9.17, 15) is 22.0 Å². The van der Waals surface area contributed by atoms with Crippen molar-refractivity contribution >= 4 is 21.6 Å². The van der Waals surface area contributed by atoms with Crippen molar-refractivity contribution in [2.24, 2.45) is 5.14 Å². The Balaban J connectivity index is 1.64. The number of carbonyl (C=O) groups excluding carboxylic acids is 1. The van der Waals surface area contributed by atoms with E-state index in [2.05, 4.69) is 5.32 Å². The molecule has 3 rings (SSSR count). The van der Waals surface area contributed by atoms with Crippen LogP contribution in [-0.4, -0.2) is 14.3 Å². The van der Waals surface area contributed by atoms with Gasteiger partial charge in [-0.2, -0.15) is 0 Å². The fourth-order valence-corrected chi connectivity index (χ4v) is 3.15. The fourth-order valence-electron chi connectivity index (χ4n) is 2.58. The van der Waals surface area contributed by atoms with Crippen molar-refractivity contribution in [2.75, 3.05) is 5.32 Å². The lowest BCUT2D eigenvalue weighted by Crippen LogP contribution is -2.15. The summed E-state index contributed by atoms with van der Waals surface area (Å²) in [4.78, 5) is 11.6. The van der Waals surface area contributed by atoms with E-state index in [1.165, 1.54) is 6.07 Å². The van der Waals surface area contributed by atoms with Crippen molar-refractivity contribution in [1.29, 1.82) is 0 Å². The predicted molar refractivity (Wildman–Crippen MR) is 98.8 cm³/mol. The van der Waals surface area contributed by atoms with E-state index in [0.29, 0.717) is 17.1 Å². The highest BCUT2D eigenvalue weighted by Crippen LogP contribution is 2.25. The van der Waals surface area contributed by atoms with Crippen LogP contribution >= 0.6 is 0 Å². The third-order valence-corrected chi connectivity index (χ3v) is 4.78. The van der Waals surface area contributed by atoms with E-state index in [-0.39, 0.29) is 18.5 Å². The first-order valence-electron chi connectivity index (χ1n) is 8.19. The SMILES string of the molecule is NS(=O)(=O)c1cc(F)cc(NC(=O)CCc2ccc(-c3ccccc3F)o2)c1. The van der Waals surface area contributed by atoms with Crippen LogP contribution in [0.15, 0.2) is 63.9 Å². The molecule has 3 aromatic rings.